The topological polar surface area (TPSA) is 96.6 Å². The van der Waals surface area contributed by atoms with Crippen molar-refractivity contribution in [2.24, 2.45) is 5.73 Å². The lowest BCUT2D eigenvalue weighted by atomic mass is 10.2. The van der Waals surface area contributed by atoms with E-state index in [2.05, 4.69) is 9.88 Å². The summed E-state index contributed by atoms with van der Waals surface area (Å²) >= 11 is 1.62. The first-order valence-corrected chi connectivity index (χ1v) is 10.2. The van der Waals surface area contributed by atoms with E-state index < -0.39 is 15.9 Å². The molecule has 0 aliphatic carbocycles. The van der Waals surface area contributed by atoms with Crippen LogP contribution < -0.4 is 5.73 Å². The molecule has 1 saturated heterocycles. The molecule has 0 saturated carbocycles. The molecule has 0 spiro atoms. The molecule has 0 atom stereocenters. The number of carbonyl (C=O) groups excluding carboxylic acids is 1. The van der Waals surface area contributed by atoms with E-state index in [4.69, 9.17) is 5.73 Å². The summed E-state index contributed by atoms with van der Waals surface area (Å²) in [5.74, 6) is -0.574. The zero-order valence-corrected chi connectivity index (χ0v) is 15.5. The highest BCUT2D eigenvalue weighted by atomic mass is 32.2. The standard InChI is InChI=1S/C16H20N4O3S2/c1-12-18-14(11-24-12)10-19-6-8-20(9-7-19)25(22,23)15-4-2-13(3-5-15)16(17)21/h2-5,11H,6-10H2,1H3,(H2,17,21). The molecule has 1 aromatic heterocycles. The maximum absolute atomic E-state index is 12.7. The Labute approximate surface area is 151 Å². The molecule has 1 aliphatic rings. The van der Waals surface area contributed by atoms with E-state index >= 15 is 0 Å². The molecule has 134 valence electrons. The average molecular weight is 380 g/mol. The second kappa shape index (κ2) is 7.20. The fraction of sp³-hybridized carbons (Fsp3) is 0.375. The SMILES string of the molecule is Cc1nc(CN2CCN(S(=O)(=O)c3ccc(C(N)=O)cc3)CC2)cs1. The van der Waals surface area contributed by atoms with E-state index in [0.29, 0.717) is 31.7 Å². The highest BCUT2D eigenvalue weighted by Crippen LogP contribution is 2.19. The second-order valence-corrected chi connectivity index (χ2v) is 8.93. The van der Waals surface area contributed by atoms with Crippen LogP contribution in [-0.2, 0) is 16.6 Å². The molecule has 1 aliphatic heterocycles. The molecule has 0 unspecified atom stereocenters. The van der Waals surface area contributed by atoms with Gasteiger partial charge >= 0.3 is 0 Å². The van der Waals surface area contributed by atoms with Crippen molar-refractivity contribution in [3.8, 4) is 0 Å². The average Bonchev–Trinajstić information content (AvgIpc) is 3.00. The minimum Gasteiger partial charge on any atom is -0.366 e. The molecular weight excluding hydrogens is 360 g/mol. The Morgan fingerprint density at radius 1 is 1.20 bits per heavy atom. The van der Waals surface area contributed by atoms with E-state index in [1.165, 1.54) is 28.6 Å². The summed E-state index contributed by atoms with van der Waals surface area (Å²) in [5, 5.41) is 3.08. The number of sulfonamides is 1. The van der Waals surface area contributed by atoms with E-state index in [-0.39, 0.29) is 4.90 Å². The predicted octanol–water partition coefficient (Wildman–Crippen LogP) is 1.06. The normalized spacial score (nSPS) is 16.8. The van der Waals surface area contributed by atoms with Crippen molar-refractivity contribution in [2.75, 3.05) is 26.2 Å². The van der Waals surface area contributed by atoms with Crippen LogP contribution in [0.25, 0.3) is 0 Å². The molecule has 2 heterocycles. The number of carbonyl (C=O) groups is 1. The Morgan fingerprint density at radius 3 is 2.36 bits per heavy atom. The number of piperazine rings is 1. The third kappa shape index (κ3) is 4.06. The number of rotatable bonds is 5. The maximum atomic E-state index is 12.7. The summed E-state index contributed by atoms with van der Waals surface area (Å²) in [6.45, 7) is 4.91. The van der Waals surface area contributed by atoms with Crippen LogP contribution in [0.2, 0.25) is 0 Å². The minimum atomic E-state index is -3.56. The summed E-state index contributed by atoms with van der Waals surface area (Å²) in [6.07, 6.45) is 0. The van der Waals surface area contributed by atoms with Gasteiger partial charge in [0.1, 0.15) is 0 Å². The van der Waals surface area contributed by atoms with Crippen LogP contribution in [0.15, 0.2) is 34.5 Å². The molecular formula is C16H20N4O3S2. The van der Waals surface area contributed by atoms with E-state index in [9.17, 15) is 13.2 Å². The zero-order valence-electron chi connectivity index (χ0n) is 13.9. The number of benzene rings is 1. The van der Waals surface area contributed by atoms with Crippen LogP contribution in [-0.4, -0.2) is 54.7 Å². The molecule has 1 fully saturated rings. The lowest BCUT2D eigenvalue weighted by molar-refractivity contribution is 0.1000. The molecule has 1 aromatic carbocycles. The van der Waals surface area contributed by atoms with Crippen molar-refractivity contribution in [1.29, 1.82) is 0 Å². The number of nitrogens with two attached hydrogens (primary N) is 1. The van der Waals surface area contributed by atoms with Gasteiger partial charge in [-0.25, -0.2) is 13.4 Å². The van der Waals surface area contributed by atoms with Gasteiger partial charge < -0.3 is 5.73 Å². The summed E-state index contributed by atoms with van der Waals surface area (Å²) < 4.78 is 26.9. The first-order chi connectivity index (χ1) is 11.9. The third-order valence-electron chi connectivity index (χ3n) is 4.16. The van der Waals surface area contributed by atoms with Crippen molar-refractivity contribution < 1.29 is 13.2 Å². The molecule has 1 amide bonds. The predicted molar refractivity (Wildman–Crippen MR) is 95.8 cm³/mol. The maximum Gasteiger partial charge on any atom is 0.248 e. The van der Waals surface area contributed by atoms with Gasteiger partial charge in [-0.2, -0.15) is 4.31 Å². The number of primary amides is 1. The fourth-order valence-corrected chi connectivity index (χ4v) is 4.80. The monoisotopic (exact) mass is 380 g/mol. The quantitative estimate of drug-likeness (QED) is 0.836. The lowest BCUT2D eigenvalue weighted by Gasteiger charge is -2.33. The Hall–Kier alpha value is -1.81. The number of aryl methyl sites for hydroxylation is 1. The van der Waals surface area contributed by atoms with Crippen molar-refractivity contribution in [3.63, 3.8) is 0 Å². The van der Waals surface area contributed by atoms with Gasteiger partial charge in [0.2, 0.25) is 15.9 Å². The van der Waals surface area contributed by atoms with Crippen LogP contribution in [0.1, 0.15) is 21.1 Å². The van der Waals surface area contributed by atoms with Crippen LogP contribution in [0.3, 0.4) is 0 Å². The van der Waals surface area contributed by atoms with Gasteiger partial charge in [0.15, 0.2) is 0 Å². The molecule has 2 N–H and O–H groups in total. The largest absolute Gasteiger partial charge is 0.366 e. The molecule has 0 bridgehead atoms. The van der Waals surface area contributed by atoms with Crippen LogP contribution in [0.4, 0.5) is 0 Å². The summed E-state index contributed by atoms with van der Waals surface area (Å²) in [4.78, 5) is 17.9. The highest BCUT2D eigenvalue weighted by Gasteiger charge is 2.28. The Balaban J connectivity index is 1.63. The van der Waals surface area contributed by atoms with Gasteiger partial charge in [0, 0.05) is 43.7 Å². The number of nitrogens with zero attached hydrogens (tertiary/aromatic N) is 3. The number of aromatic nitrogens is 1. The number of hydrogen-bond donors (Lipinski definition) is 1. The Kier molecular flexibility index (Phi) is 5.19. The van der Waals surface area contributed by atoms with E-state index in [1.54, 1.807) is 11.3 Å². The van der Waals surface area contributed by atoms with E-state index in [1.807, 2.05) is 12.3 Å². The molecule has 25 heavy (non-hydrogen) atoms. The van der Waals surface area contributed by atoms with Gasteiger partial charge in [0.25, 0.3) is 0 Å². The van der Waals surface area contributed by atoms with Crippen molar-refractivity contribution in [2.45, 2.75) is 18.4 Å². The molecule has 0 radical (unpaired) electrons. The number of amides is 1. The van der Waals surface area contributed by atoms with Crippen LogP contribution in [0.5, 0.6) is 0 Å². The molecule has 7 nitrogen and oxygen atoms in total. The first kappa shape index (κ1) is 18.0. The van der Waals surface area contributed by atoms with Gasteiger partial charge in [-0.1, -0.05) is 0 Å². The summed E-state index contributed by atoms with van der Waals surface area (Å²) in [7, 11) is -3.56. The third-order valence-corrected chi connectivity index (χ3v) is 6.90. The van der Waals surface area contributed by atoms with Crippen LogP contribution in [0, 0.1) is 6.92 Å². The second-order valence-electron chi connectivity index (χ2n) is 5.93. The molecule has 9 heteroatoms. The summed E-state index contributed by atoms with van der Waals surface area (Å²) in [5.41, 5.74) is 6.51. The Bertz CT molecular complexity index is 854. The van der Waals surface area contributed by atoms with Gasteiger partial charge in [-0.05, 0) is 31.2 Å². The summed E-state index contributed by atoms with van der Waals surface area (Å²) in [6, 6.07) is 5.74. The zero-order chi connectivity index (χ0) is 18.0. The lowest BCUT2D eigenvalue weighted by Crippen LogP contribution is -2.48. The highest BCUT2D eigenvalue weighted by molar-refractivity contribution is 7.89. The van der Waals surface area contributed by atoms with Crippen LogP contribution >= 0.6 is 11.3 Å². The first-order valence-electron chi connectivity index (χ1n) is 7.89. The van der Waals surface area contributed by atoms with Gasteiger partial charge in [0.05, 0.1) is 15.6 Å². The van der Waals surface area contributed by atoms with Crippen molar-refractivity contribution >= 4 is 27.3 Å². The van der Waals surface area contributed by atoms with E-state index in [0.717, 1.165) is 17.2 Å². The molecule has 3 rings (SSSR count). The smallest absolute Gasteiger partial charge is 0.248 e. The molecule has 2 aromatic rings. The van der Waals surface area contributed by atoms with Gasteiger partial charge in [-0.15, -0.1) is 11.3 Å². The van der Waals surface area contributed by atoms with Crippen molar-refractivity contribution in [1.82, 2.24) is 14.2 Å². The Morgan fingerprint density at radius 2 is 1.84 bits per heavy atom. The minimum absolute atomic E-state index is 0.182. The number of thiazole rings is 1. The fourth-order valence-electron chi connectivity index (χ4n) is 2.78. The van der Waals surface area contributed by atoms with Gasteiger partial charge in [-0.3, -0.25) is 9.69 Å². The van der Waals surface area contributed by atoms with Crippen molar-refractivity contribution in [3.05, 3.63) is 45.9 Å². The number of hydrogen-bond acceptors (Lipinski definition) is 6.